The van der Waals surface area contributed by atoms with Crippen LogP contribution >= 0.6 is 0 Å². The first-order chi connectivity index (χ1) is 9.74. The summed E-state index contributed by atoms with van der Waals surface area (Å²) in [4.78, 5) is 2.49. The summed E-state index contributed by atoms with van der Waals surface area (Å²) in [6.07, 6.45) is 2.61. The Bertz CT molecular complexity index is 221. The van der Waals surface area contributed by atoms with Gasteiger partial charge in [0.25, 0.3) is 0 Å². The van der Waals surface area contributed by atoms with E-state index < -0.39 is 0 Å². The summed E-state index contributed by atoms with van der Waals surface area (Å²) in [5.74, 6) is 0. The molecule has 1 heterocycles. The Hall–Kier alpha value is -0.200. The first kappa shape index (κ1) is 17.9. The van der Waals surface area contributed by atoms with Crippen molar-refractivity contribution in [1.82, 2.24) is 10.2 Å². The normalized spacial score (nSPS) is 19.4. The molecule has 0 aromatic carbocycles. The van der Waals surface area contributed by atoms with Crippen molar-refractivity contribution in [2.24, 2.45) is 0 Å². The van der Waals surface area contributed by atoms with E-state index in [1.807, 2.05) is 0 Å². The third kappa shape index (κ3) is 8.17. The number of nitrogens with zero attached hydrogens (tertiary/aromatic N) is 1. The third-order valence-electron chi connectivity index (χ3n) is 3.67. The molecule has 0 bridgehead atoms. The molecule has 0 aromatic heterocycles. The van der Waals surface area contributed by atoms with Crippen molar-refractivity contribution < 1.29 is 14.2 Å². The maximum absolute atomic E-state index is 5.63. The second kappa shape index (κ2) is 11.5. The van der Waals surface area contributed by atoms with Crippen LogP contribution in [-0.4, -0.2) is 76.8 Å². The Balaban J connectivity index is 2.01. The SMILES string of the molecule is COCCOCCOCCN(CC1CCCN1)C(C)C. The van der Waals surface area contributed by atoms with Gasteiger partial charge < -0.3 is 19.5 Å². The van der Waals surface area contributed by atoms with Crippen LogP contribution in [0.5, 0.6) is 0 Å². The first-order valence-corrected chi connectivity index (χ1v) is 7.86. The summed E-state index contributed by atoms with van der Waals surface area (Å²) < 4.78 is 15.9. The molecule has 1 aliphatic heterocycles. The lowest BCUT2D eigenvalue weighted by Crippen LogP contribution is -2.42. The molecule has 1 atom stereocenters. The van der Waals surface area contributed by atoms with Gasteiger partial charge in [-0.25, -0.2) is 0 Å². The Morgan fingerprint density at radius 1 is 1.10 bits per heavy atom. The van der Waals surface area contributed by atoms with Gasteiger partial charge in [0.05, 0.1) is 33.0 Å². The summed E-state index contributed by atoms with van der Waals surface area (Å²) in [6.45, 7) is 11.2. The summed E-state index contributed by atoms with van der Waals surface area (Å²) in [7, 11) is 1.68. The predicted octanol–water partition coefficient (Wildman–Crippen LogP) is 1.13. The van der Waals surface area contributed by atoms with Gasteiger partial charge in [-0.2, -0.15) is 0 Å². The number of hydrogen-bond acceptors (Lipinski definition) is 5. The van der Waals surface area contributed by atoms with E-state index in [0.29, 0.717) is 38.5 Å². The van der Waals surface area contributed by atoms with Gasteiger partial charge in [0.2, 0.25) is 0 Å². The zero-order chi connectivity index (χ0) is 14.6. The fraction of sp³-hybridized carbons (Fsp3) is 1.00. The molecule has 0 radical (unpaired) electrons. The quantitative estimate of drug-likeness (QED) is 0.545. The molecule has 0 saturated carbocycles. The van der Waals surface area contributed by atoms with E-state index in [4.69, 9.17) is 14.2 Å². The highest BCUT2D eigenvalue weighted by Gasteiger charge is 2.19. The molecule has 0 aliphatic carbocycles. The fourth-order valence-electron chi connectivity index (χ4n) is 2.40. The highest BCUT2D eigenvalue weighted by atomic mass is 16.5. The first-order valence-electron chi connectivity index (χ1n) is 7.86. The standard InChI is InChI=1S/C15H32N2O3/c1-14(2)17(13-15-5-4-6-16-15)7-8-19-11-12-20-10-9-18-3/h14-16H,4-13H2,1-3H3. The Kier molecular flexibility index (Phi) is 10.2. The van der Waals surface area contributed by atoms with Gasteiger partial charge >= 0.3 is 0 Å². The van der Waals surface area contributed by atoms with Crippen LogP contribution in [0.15, 0.2) is 0 Å². The molecule has 1 unspecified atom stereocenters. The average molecular weight is 288 g/mol. The van der Waals surface area contributed by atoms with E-state index in [1.165, 1.54) is 19.4 Å². The lowest BCUT2D eigenvalue weighted by atomic mass is 10.2. The van der Waals surface area contributed by atoms with E-state index in [0.717, 1.165) is 19.7 Å². The van der Waals surface area contributed by atoms with Gasteiger partial charge in [0.1, 0.15) is 0 Å². The highest BCUT2D eigenvalue weighted by Crippen LogP contribution is 2.09. The fourth-order valence-corrected chi connectivity index (χ4v) is 2.40. The predicted molar refractivity (Wildman–Crippen MR) is 81.2 cm³/mol. The minimum atomic E-state index is 0.568. The molecular weight excluding hydrogens is 256 g/mol. The molecule has 120 valence electrons. The van der Waals surface area contributed by atoms with Crippen LogP contribution in [-0.2, 0) is 14.2 Å². The molecule has 5 nitrogen and oxygen atoms in total. The van der Waals surface area contributed by atoms with Gasteiger partial charge in [-0.1, -0.05) is 0 Å². The monoisotopic (exact) mass is 288 g/mol. The number of methoxy groups -OCH3 is 1. The molecule has 0 spiro atoms. The smallest absolute Gasteiger partial charge is 0.0701 e. The Morgan fingerprint density at radius 2 is 1.80 bits per heavy atom. The maximum Gasteiger partial charge on any atom is 0.0701 e. The lowest BCUT2D eigenvalue weighted by molar-refractivity contribution is 0.0169. The van der Waals surface area contributed by atoms with E-state index >= 15 is 0 Å². The minimum Gasteiger partial charge on any atom is -0.382 e. The van der Waals surface area contributed by atoms with Crippen molar-refractivity contribution in [2.45, 2.75) is 38.8 Å². The van der Waals surface area contributed by atoms with Gasteiger partial charge in [-0.15, -0.1) is 0 Å². The number of hydrogen-bond donors (Lipinski definition) is 1. The molecule has 0 aromatic rings. The molecular formula is C15H32N2O3. The molecule has 1 N–H and O–H groups in total. The average Bonchev–Trinajstić information content (AvgIpc) is 2.93. The zero-order valence-electron chi connectivity index (χ0n) is 13.4. The zero-order valence-corrected chi connectivity index (χ0v) is 13.4. The van der Waals surface area contributed by atoms with Crippen LogP contribution in [0.3, 0.4) is 0 Å². The van der Waals surface area contributed by atoms with Crippen LogP contribution in [0.2, 0.25) is 0 Å². The second-order valence-electron chi connectivity index (χ2n) is 5.60. The van der Waals surface area contributed by atoms with Crippen LogP contribution in [0.25, 0.3) is 0 Å². The maximum atomic E-state index is 5.63. The Morgan fingerprint density at radius 3 is 2.40 bits per heavy atom. The Labute approximate surface area is 123 Å². The minimum absolute atomic E-state index is 0.568. The van der Waals surface area contributed by atoms with E-state index in [-0.39, 0.29) is 0 Å². The number of nitrogens with one attached hydrogen (secondary N) is 1. The van der Waals surface area contributed by atoms with Crippen molar-refractivity contribution in [3.8, 4) is 0 Å². The van der Waals surface area contributed by atoms with Crippen molar-refractivity contribution in [3.05, 3.63) is 0 Å². The second-order valence-corrected chi connectivity index (χ2v) is 5.60. The topological polar surface area (TPSA) is 43.0 Å². The molecule has 5 heteroatoms. The number of rotatable bonds is 12. The lowest BCUT2D eigenvalue weighted by Gasteiger charge is -2.29. The summed E-state index contributed by atoms with van der Waals surface area (Å²) in [6, 6.07) is 1.23. The van der Waals surface area contributed by atoms with Crippen LogP contribution < -0.4 is 5.32 Å². The summed E-state index contributed by atoms with van der Waals surface area (Å²) >= 11 is 0. The van der Waals surface area contributed by atoms with E-state index in [1.54, 1.807) is 7.11 Å². The molecule has 20 heavy (non-hydrogen) atoms. The van der Waals surface area contributed by atoms with Crippen LogP contribution in [0.4, 0.5) is 0 Å². The van der Waals surface area contributed by atoms with Gasteiger partial charge in [0, 0.05) is 32.3 Å². The molecule has 1 fully saturated rings. The van der Waals surface area contributed by atoms with Gasteiger partial charge in [0.15, 0.2) is 0 Å². The van der Waals surface area contributed by atoms with E-state index in [2.05, 4.69) is 24.1 Å². The molecule has 1 saturated heterocycles. The van der Waals surface area contributed by atoms with Crippen molar-refractivity contribution in [3.63, 3.8) is 0 Å². The number of ether oxygens (including phenoxy) is 3. The van der Waals surface area contributed by atoms with Gasteiger partial charge in [-0.05, 0) is 33.2 Å². The summed E-state index contributed by atoms with van der Waals surface area (Å²) in [5.41, 5.74) is 0. The molecule has 0 amide bonds. The molecule has 1 rings (SSSR count). The summed E-state index contributed by atoms with van der Waals surface area (Å²) in [5, 5.41) is 3.56. The largest absolute Gasteiger partial charge is 0.382 e. The highest BCUT2D eigenvalue weighted by molar-refractivity contribution is 4.79. The van der Waals surface area contributed by atoms with Gasteiger partial charge in [-0.3, -0.25) is 4.90 Å². The van der Waals surface area contributed by atoms with E-state index in [9.17, 15) is 0 Å². The third-order valence-corrected chi connectivity index (χ3v) is 3.67. The van der Waals surface area contributed by atoms with Crippen LogP contribution in [0.1, 0.15) is 26.7 Å². The van der Waals surface area contributed by atoms with Crippen LogP contribution in [0, 0.1) is 0 Å². The van der Waals surface area contributed by atoms with Crippen molar-refractivity contribution >= 4 is 0 Å². The van der Waals surface area contributed by atoms with Crippen molar-refractivity contribution in [1.29, 1.82) is 0 Å². The molecule has 1 aliphatic rings. The van der Waals surface area contributed by atoms with Crippen molar-refractivity contribution in [2.75, 3.05) is 59.8 Å².